The van der Waals surface area contributed by atoms with Gasteiger partial charge >= 0.3 is 7.60 Å². The normalized spacial score (nSPS) is 11.9. The van der Waals surface area contributed by atoms with Gasteiger partial charge in [-0.15, -0.1) is 0 Å². The maximum Gasteiger partial charge on any atom is 0.361 e. The second kappa shape index (κ2) is 5.61. The summed E-state index contributed by atoms with van der Waals surface area (Å²) in [6.07, 6.45) is 1.73. The van der Waals surface area contributed by atoms with Crippen LogP contribution in [0.2, 0.25) is 0 Å². The lowest BCUT2D eigenvalue weighted by Gasteiger charge is -2.17. The van der Waals surface area contributed by atoms with E-state index in [1.807, 2.05) is 24.3 Å². The largest absolute Gasteiger partial charge is 0.361 e. The van der Waals surface area contributed by atoms with E-state index in [2.05, 4.69) is 4.98 Å². The molecule has 0 unspecified atom stereocenters. The molecular weight excluding hydrogens is 249 g/mol. The summed E-state index contributed by atoms with van der Waals surface area (Å²) in [5.74, 6) is 0. The summed E-state index contributed by atoms with van der Waals surface area (Å²) < 4.78 is 23.2. The molecule has 1 aromatic heterocycles. The number of benzene rings is 1. The van der Waals surface area contributed by atoms with E-state index in [9.17, 15) is 4.57 Å². The second-order valence-corrected chi connectivity index (χ2v) is 5.74. The van der Waals surface area contributed by atoms with Crippen molar-refractivity contribution in [2.45, 2.75) is 13.8 Å². The average Bonchev–Trinajstić information content (AvgIpc) is 2.39. The van der Waals surface area contributed by atoms with Crippen molar-refractivity contribution < 1.29 is 13.6 Å². The molecule has 0 radical (unpaired) electrons. The van der Waals surface area contributed by atoms with E-state index >= 15 is 0 Å². The first kappa shape index (κ1) is 13.2. The molecule has 0 atom stereocenters. The van der Waals surface area contributed by atoms with Crippen molar-refractivity contribution in [3.05, 3.63) is 36.5 Å². The minimum absolute atomic E-state index is 0.350. The van der Waals surface area contributed by atoms with Crippen molar-refractivity contribution in [2.24, 2.45) is 0 Å². The molecule has 4 nitrogen and oxygen atoms in total. The van der Waals surface area contributed by atoms with Crippen LogP contribution in [0.4, 0.5) is 0 Å². The zero-order valence-corrected chi connectivity index (χ0v) is 11.4. The van der Waals surface area contributed by atoms with Crippen LogP contribution >= 0.6 is 7.60 Å². The first-order valence-electron chi connectivity index (χ1n) is 5.94. The molecule has 0 amide bonds. The van der Waals surface area contributed by atoms with Crippen molar-refractivity contribution in [1.82, 2.24) is 4.98 Å². The predicted octanol–water partition coefficient (Wildman–Crippen LogP) is 3.13. The van der Waals surface area contributed by atoms with Crippen LogP contribution in [-0.2, 0) is 13.6 Å². The number of fused-ring (bicyclic) bond motifs is 1. The van der Waals surface area contributed by atoms with Gasteiger partial charge in [-0.05, 0) is 38.1 Å². The first-order chi connectivity index (χ1) is 8.69. The van der Waals surface area contributed by atoms with E-state index in [1.54, 1.807) is 26.1 Å². The molecule has 0 aliphatic carbocycles. The average molecular weight is 265 g/mol. The third-order valence-corrected chi connectivity index (χ3v) is 4.61. The second-order valence-electron chi connectivity index (χ2n) is 3.71. The van der Waals surface area contributed by atoms with E-state index in [0.717, 1.165) is 10.9 Å². The van der Waals surface area contributed by atoms with Crippen LogP contribution in [0.25, 0.3) is 10.9 Å². The smallest absolute Gasteiger partial charge is 0.305 e. The molecule has 0 aliphatic rings. The van der Waals surface area contributed by atoms with Gasteiger partial charge in [-0.1, -0.05) is 6.07 Å². The van der Waals surface area contributed by atoms with Gasteiger partial charge in [0.25, 0.3) is 0 Å². The highest BCUT2D eigenvalue weighted by atomic mass is 31.2. The fourth-order valence-corrected chi connectivity index (χ4v) is 3.37. The van der Waals surface area contributed by atoms with Crippen molar-refractivity contribution >= 4 is 23.8 Å². The highest BCUT2D eigenvalue weighted by molar-refractivity contribution is 7.62. The molecular formula is C13H16NO3P. The fourth-order valence-electron chi connectivity index (χ4n) is 1.76. The predicted molar refractivity (Wildman–Crippen MR) is 72.2 cm³/mol. The van der Waals surface area contributed by atoms with Gasteiger partial charge in [0.15, 0.2) is 0 Å². The van der Waals surface area contributed by atoms with E-state index in [1.165, 1.54) is 0 Å². The Labute approximate surface area is 106 Å². The Morgan fingerprint density at radius 2 is 1.89 bits per heavy atom. The van der Waals surface area contributed by atoms with Gasteiger partial charge in [-0.2, -0.15) is 0 Å². The van der Waals surface area contributed by atoms with Crippen LogP contribution in [0, 0.1) is 0 Å². The Morgan fingerprint density at radius 1 is 1.17 bits per heavy atom. The summed E-state index contributed by atoms with van der Waals surface area (Å²) in [7, 11) is -3.20. The summed E-state index contributed by atoms with van der Waals surface area (Å²) in [6.45, 7) is 4.30. The third-order valence-electron chi connectivity index (χ3n) is 2.50. The Kier molecular flexibility index (Phi) is 4.12. The number of nitrogens with zero attached hydrogens (tertiary/aromatic N) is 1. The number of aromatic nitrogens is 1. The topological polar surface area (TPSA) is 48.4 Å². The molecule has 0 aliphatic heterocycles. The Morgan fingerprint density at radius 3 is 2.56 bits per heavy atom. The van der Waals surface area contributed by atoms with E-state index in [0.29, 0.717) is 18.5 Å². The first-order valence-corrected chi connectivity index (χ1v) is 7.48. The Bertz CT molecular complexity index is 575. The fraction of sp³-hybridized carbons (Fsp3) is 0.308. The van der Waals surface area contributed by atoms with Crippen molar-refractivity contribution in [3.8, 4) is 0 Å². The SMILES string of the molecule is CCOP(=O)(OCC)c1ccc2ncccc2c1. The maximum atomic E-state index is 12.6. The highest BCUT2D eigenvalue weighted by Gasteiger charge is 2.26. The molecule has 0 spiro atoms. The summed E-state index contributed by atoms with van der Waals surface area (Å²) in [4.78, 5) is 4.23. The Hall–Kier alpha value is -1.22. The van der Waals surface area contributed by atoms with Gasteiger partial charge in [-0.25, -0.2) is 0 Å². The lowest BCUT2D eigenvalue weighted by molar-refractivity contribution is 0.230. The van der Waals surface area contributed by atoms with Gasteiger partial charge in [0.2, 0.25) is 0 Å². The monoisotopic (exact) mass is 265 g/mol. The number of hydrogen-bond donors (Lipinski definition) is 0. The number of hydrogen-bond acceptors (Lipinski definition) is 4. The Balaban J connectivity index is 2.47. The highest BCUT2D eigenvalue weighted by Crippen LogP contribution is 2.47. The number of pyridine rings is 1. The minimum Gasteiger partial charge on any atom is -0.305 e. The van der Waals surface area contributed by atoms with Gasteiger partial charge < -0.3 is 9.05 Å². The van der Waals surface area contributed by atoms with Crippen molar-refractivity contribution in [1.29, 1.82) is 0 Å². The van der Waals surface area contributed by atoms with Crippen LogP contribution in [0.15, 0.2) is 36.5 Å². The molecule has 96 valence electrons. The minimum atomic E-state index is -3.20. The molecule has 0 fully saturated rings. The van der Waals surface area contributed by atoms with E-state index in [4.69, 9.17) is 9.05 Å². The molecule has 0 saturated heterocycles. The summed E-state index contributed by atoms with van der Waals surface area (Å²) in [5, 5.41) is 1.50. The summed E-state index contributed by atoms with van der Waals surface area (Å²) >= 11 is 0. The quantitative estimate of drug-likeness (QED) is 0.779. The van der Waals surface area contributed by atoms with E-state index in [-0.39, 0.29) is 0 Å². The number of rotatable bonds is 5. The van der Waals surface area contributed by atoms with Gasteiger partial charge in [-0.3, -0.25) is 9.55 Å². The molecule has 18 heavy (non-hydrogen) atoms. The molecule has 2 aromatic rings. The molecule has 2 rings (SSSR count). The zero-order chi connectivity index (χ0) is 13.0. The van der Waals surface area contributed by atoms with Gasteiger partial charge in [0.1, 0.15) is 0 Å². The zero-order valence-electron chi connectivity index (χ0n) is 10.5. The van der Waals surface area contributed by atoms with Crippen LogP contribution in [0.5, 0.6) is 0 Å². The molecule has 1 heterocycles. The lowest BCUT2D eigenvalue weighted by atomic mass is 10.2. The molecule has 0 saturated carbocycles. The standard InChI is InChI=1S/C13H16NO3P/c1-3-16-18(15,17-4-2)12-7-8-13-11(10-12)6-5-9-14-13/h5-10H,3-4H2,1-2H3. The van der Waals surface area contributed by atoms with Gasteiger partial charge in [0.05, 0.1) is 24.0 Å². The third kappa shape index (κ3) is 2.61. The maximum absolute atomic E-state index is 12.6. The van der Waals surface area contributed by atoms with Crippen molar-refractivity contribution in [3.63, 3.8) is 0 Å². The van der Waals surface area contributed by atoms with Crippen LogP contribution < -0.4 is 5.30 Å². The van der Waals surface area contributed by atoms with Gasteiger partial charge in [0, 0.05) is 11.6 Å². The summed E-state index contributed by atoms with van der Waals surface area (Å²) in [6, 6.07) is 9.16. The van der Waals surface area contributed by atoms with Crippen LogP contribution in [-0.4, -0.2) is 18.2 Å². The molecule has 5 heteroatoms. The van der Waals surface area contributed by atoms with Crippen molar-refractivity contribution in [2.75, 3.05) is 13.2 Å². The lowest BCUT2D eigenvalue weighted by Crippen LogP contribution is -2.10. The molecule has 1 aromatic carbocycles. The molecule has 0 N–H and O–H groups in total. The summed E-state index contributed by atoms with van der Waals surface area (Å²) in [5.41, 5.74) is 0.862. The molecule has 0 bridgehead atoms. The van der Waals surface area contributed by atoms with Crippen LogP contribution in [0.1, 0.15) is 13.8 Å². The van der Waals surface area contributed by atoms with Crippen LogP contribution in [0.3, 0.4) is 0 Å². The van der Waals surface area contributed by atoms with E-state index < -0.39 is 7.60 Å².